The average Bonchev–Trinajstić information content (AvgIpc) is 3.61. The van der Waals surface area contributed by atoms with E-state index in [0.717, 1.165) is 12.8 Å². The summed E-state index contributed by atoms with van der Waals surface area (Å²) < 4.78 is 24.0. The summed E-state index contributed by atoms with van der Waals surface area (Å²) in [7, 11) is 1.49. The number of oxime groups is 1. The Bertz CT molecular complexity index is 1200. The third kappa shape index (κ3) is 4.79. The summed E-state index contributed by atoms with van der Waals surface area (Å²) in [6, 6.07) is 5.04. The second-order valence-electron chi connectivity index (χ2n) is 8.54. The lowest BCUT2D eigenvalue weighted by Gasteiger charge is -2.33. The fourth-order valence-electron chi connectivity index (χ4n) is 4.46. The molecule has 1 atom stereocenters. The molecular weight excluding hydrogens is 457 g/mol. The van der Waals surface area contributed by atoms with Gasteiger partial charge in [0.1, 0.15) is 30.4 Å². The molecule has 0 radical (unpaired) electrons. The predicted molar refractivity (Wildman–Crippen MR) is 124 cm³/mol. The van der Waals surface area contributed by atoms with Gasteiger partial charge < -0.3 is 14.5 Å². The summed E-state index contributed by atoms with van der Waals surface area (Å²) in [5.41, 5.74) is 2.31. The van der Waals surface area contributed by atoms with Crippen LogP contribution in [0, 0.1) is 5.82 Å². The number of nitrogens with zero attached hydrogens (tertiary/aromatic N) is 9. The summed E-state index contributed by atoms with van der Waals surface area (Å²) in [4.78, 5) is 20.6. The summed E-state index contributed by atoms with van der Waals surface area (Å²) in [5, 5.41) is 19.9. The van der Waals surface area contributed by atoms with Crippen molar-refractivity contribution in [3.8, 4) is 0 Å². The van der Waals surface area contributed by atoms with E-state index < -0.39 is 6.09 Å². The highest BCUT2D eigenvalue weighted by Gasteiger charge is 2.33. The van der Waals surface area contributed by atoms with Crippen molar-refractivity contribution in [2.75, 3.05) is 36.5 Å². The molecular formula is C22H26FN9O3. The van der Waals surface area contributed by atoms with Crippen molar-refractivity contribution >= 4 is 23.2 Å². The normalized spacial score (nSPS) is 19.3. The molecule has 0 aliphatic carbocycles. The fraction of sp³-hybridized carbons (Fsp3) is 0.455. The molecule has 2 aliphatic heterocycles. The van der Waals surface area contributed by atoms with E-state index in [9.17, 15) is 4.79 Å². The highest BCUT2D eigenvalue weighted by molar-refractivity contribution is 5.96. The number of amides is 1. The SMILES string of the molecule is CON=C(C)c1cn(C2CCN(c3ccc(N4C[C@H](Cn5ccnn5)OC4=O)cc3F)CC2)nn1. The number of ether oxygens (including phenoxy) is 1. The maximum Gasteiger partial charge on any atom is 0.414 e. The summed E-state index contributed by atoms with van der Waals surface area (Å²) in [6.45, 7) is 3.87. The number of aromatic nitrogens is 6. The lowest BCUT2D eigenvalue weighted by molar-refractivity contribution is 0.129. The van der Waals surface area contributed by atoms with Gasteiger partial charge in [-0.25, -0.2) is 18.5 Å². The summed E-state index contributed by atoms with van der Waals surface area (Å²) in [6.07, 6.45) is 5.84. The van der Waals surface area contributed by atoms with Crippen molar-refractivity contribution in [2.45, 2.75) is 38.5 Å². The van der Waals surface area contributed by atoms with Gasteiger partial charge in [-0.3, -0.25) is 4.90 Å². The number of halogens is 1. The second kappa shape index (κ2) is 9.68. The zero-order chi connectivity index (χ0) is 24.4. The Morgan fingerprint density at radius 1 is 1.29 bits per heavy atom. The predicted octanol–water partition coefficient (Wildman–Crippen LogP) is 2.25. The third-order valence-electron chi connectivity index (χ3n) is 6.27. The van der Waals surface area contributed by atoms with Crippen LogP contribution in [0.1, 0.15) is 31.5 Å². The zero-order valence-electron chi connectivity index (χ0n) is 19.5. The highest BCUT2D eigenvalue weighted by atomic mass is 19.1. The summed E-state index contributed by atoms with van der Waals surface area (Å²) in [5.74, 6) is -0.372. The van der Waals surface area contributed by atoms with Crippen LogP contribution >= 0.6 is 0 Å². The Morgan fingerprint density at radius 3 is 2.83 bits per heavy atom. The van der Waals surface area contributed by atoms with Crippen LogP contribution in [-0.4, -0.2) is 74.6 Å². The molecule has 5 rings (SSSR count). The summed E-state index contributed by atoms with van der Waals surface area (Å²) >= 11 is 0. The van der Waals surface area contributed by atoms with Crippen LogP contribution in [0.15, 0.2) is 41.9 Å². The first kappa shape index (κ1) is 22.7. The van der Waals surface area contributed by atoms with Gasteiger partial charge in [0.15, 0.2) is 0 Å². The van der Waals surface area contributed by atoms with E-state index >= 15 is 4.39 Å². The Balaban J connectivity index is 1.20. The molecule has 13 heteroatoms. The number of hydrogen-bond donors (Lipinski definition) is 0. The van der Waals surface area contributed by atoms with Crippen molar-refractivity contribution in [1.82, 2.24) is 30.0 Å². The van der Waals surface area contributed by atoms with Gasteiger partial charge in [-0.15, -0.1) is 10.2 Å². The smallest absolute Gasteiger partial charge is 0.414 e. The van der Waals surface area contributed by atoms with Gasteiger partial charge >= 0.3 is 6.09 Å². The first-order chi connectivity index (χ1) is 17.0. The molecule has 1 aromatic carbocycles. The lowest BCUT2D eigenvalue weighted by Crippen LogP contribution is -2.35. The third-order valence-corrected chi connectivity index (χ3v) is 6.27. The standard InChI is InChI=1S/C22H26FN9O3/c1-15(26-34-2)20-14-32(28-25-20)16-5-8-29(9-6-16)21-4-3-17(11-19(21)23)31-13-18(35-22(31)33)12-30-10-7-24-27-30/h3-4,7,10-11,14,16,18H,5-6,8-9,12-13H2,1-2H3/t18-/m0/s1. The Morgan fingerprint density at radius 2 is 2.11 bits per heavy atom. The highest BCUT2D eigenvalue weighted by Crippen LogP contribution is 2.31. The number of hydrogen-bond acceptors (Lipinski definition) is 9. The van der Waals surface area contributed by atoms with Gasteiger partial charge in [0.05, 0.1) is 42.9 Å². The van der Waals surface area contributed by atoms with E-state index in [2.05, 4.69) is 25.8 Å². The van der Waals surface area contributed by atoms with Crippen LogP contribution in [0.5, 0.6) is 0 Å². The van der Waals surface area contributed by atoms with Gasteiger partial charge in [0.25, 0.3) is 0 Å². The molecule has 0 saturated carbocycles. The van der Waals surface area contributed by atoms with Crippen LogP contribution in [-0.2, 0) is 16.1 Å². The lowest BCUT2D eigenvalue weighted by atomic mass is 10.0. The molecule has 1 amide bonds. The van der Waals surface area contributed by atoms with Crippen LogP contribution in [0.3, 0.4) is 0 Å². The Labute approximate surface area is 200 Å². The number of benzene rings is 1. The van der Waals surface area contributed by atoms with E-state index in [4.69, 9.17) is 9.57 Å². The van der Waals surface area contributed by atoms with E-state index in [0.29, 0.717) is 49.0 Å². The minimum atomic E-state index is -0.499. The molecule has 3 aromatic rings. The van der Waals surface area contributed by atoms with E-state index in [1.807, 2.05) is 22.7 Å². The molecule has 0 spiro atoms. The monoisotopic (exact) mass is 483 g/mol. The van der Waals surface area contributed by atoms with Crippen molar-refractivity contribution in [1.29, 1.82) is 0 Å². The van der Waals surface area contributed by atoms with E-state index in [1.165, 1.54) is 18.1 Å². The number of carbonyl (C=O) groups excluding carboxylic acids is 1. The number of piperidine rings is 1. The van der Waals surface area contributed by atoms with E-state index in [1.54, 1.807) is 29.2 Å². The minimum Gasteiger partial charge on any atom is -0.442 e. The topological polar surface area (TPSA) is 116 Å². The fourth-order valence-corrected chi connectivity index (χ4v) is 4.46. The molecule has 0 bridgehead atoms. The van der Waals surface area contributed by atoms with Crippen LogP contribution in [0.4, 0.5) is 20.6 Å². The molecule has 2 fully saturated rings. The van der Waals surface area contributed by atoms with Crippen molar-refractivity contribution < 1.29 is 18.8 Å². The maximum atomic E-state index is 15.1. The first-order valence-electron chi connectivity index (χ1n) is 11.4. The molecule has 0 N–H and O–H groups in total. The molecule has 2 aromatic heterocycles. The van der Waals surface area contributed by atoms with Crippen molar-refractivity contribution in [3.05, 3.63) is 48.3 Å². The van der Waals surface area contributed by atoms with E-state index in [-0.39, 0.29) is 18.0 Å². The first-order valence-corrected chi connectivity index (χ1v) is 11.4. The molecule has 4 heterocycles. The molecule has 2 saturated heterocycles. The van der Waals surface area contributed by atoms with Crippen molar-refractivity contribution in [3.63, 3.8) is 0 Å². The van der Waals surface area contributed by atoms with Gasteiger partial charge in [0, 0.05) is 19.3 Å². The number of cyclic esters (lactones) is 1. The van der Waals surface area contributed by atoms with Gasteiger partial charge in [-0.1, -0.05) is 15.6 Å². The number of anilines is 2. The largest absolute Gasteiger partial charge is 0.442 e. The van der Waals surface area contributed by atoms with Gasteiger partial charge in [-0.05, 0) is 38.0 Å². The minimum absolute atomic E-state index is 0.173. The number of rotatable bonds is 7. The van der Waals surface area contributed by atoms with Gasteiger partial charge in [0.2, 0.25) is 0 Å². The number of carbonyl (C=O) groups is 1. The maximum absolute atomic E-state index is 15.1. The van der Waals surface area contributed by atoms with Crippen molar-refractivity contribution in [2.24, 2.45) is 5.16 Å². The molecule has 2 aliphatic rings. The Hall–Kier alpha value is -4.03. The molecule has 0 unspecified atom stereocenters. The molecule has 35 heavy (non-hydrogen) atoms. The molecule has 12 nitrogen and oxygen atoms in total. The van der Waals surface area contributed by atoms with Crippen LogP contribution in [0.2, 0.25) is 0 Å². The quantitative estimate of drug-likeness (QED) is 0.371. The Kier molecular flexibility index (Phi) is 6.29. The zero-order valence-corrected chi connectivity index (χ0v) is 19.5. The van der Waals surface area contributed by atoms with Crippen LogP contribution < -0.4 is 9.80 Å². The molecule has 184 valence electrons. The van der Waals surface area contributed by atoms with Gasteiger partial charge in [-0.2, -0.15) is 0 Å². The second-order valence-corrected chi connectivity index (χ2v) is 8.54. The average molecular weight is 484 g/mol. The van der Waals surface area contributed by atoms with Crippen LogP contribution in [0.25, 0.3) is 0 Å².